The van der Waals surface area contributed by atoms with Crippen LogP contribution in [0.2, 0.25) is 5.02 Å². The van der Waals surface area contributed by atoms with E-state index in [1.807, 2.05) is 30.3 Å². The number of hydrogen-bond donors (Lipinski definition) is 1. The molecule has 1 heterocycles. The maximum atomic E-state index is 13.0. The molecule has 0 radical (unpaired) electrons. The third-order valence-electron chi connectivity index (χ3n) is 4.73. The van der Waals surface area contributed by atoms with Crippen molar-refractivity contribution in [3.05, 3.63) is 88.2 Å². The molecule has 0 saturated carbocycles. The van der Waals surface area contributed by atoms with Gasteiger partial charge >= 0.3 is 0 Å². The SMILES string of the molecule is COCCCN1C(=O)C(O)=C(C(=O)/C=C/c2ccccc2)C1c1ccc(Cl)cc1. The van der Waals surface area contributed by atoms with Crippen molar-refractivity contribution in [3.63, 3.8) is 0 Å². The molecule has 6 heteroatoms. The Kier molecular flexibility index (Phi) is 6.86. The van der Waals surface area contributed by atoms with Crippen molar-refractivity contribution < 1.29 is 19.4 Å². The molecule has 5 nitrogen and oxygen atoms in total. The molecule has 1 N–H and O–H groups in total. The Morgan fingerprint density at radius 2 is 1.86 bits per heavy atom. The molecular weight excluding hydrogens is 390 g/mol. The lowest BCUT2D eigenvalue weighted by Gasteiger charge is -2.26. The highest BCUT2D eigenvalue weighted by molar-refractivity contribution is 6.30. The second-order valence-electron chi connectivity index (χ2n) is 6.67. The standard InChI is InChI=1S/C23H22ClNO4/c1-29-15-5-14-25-21(17-9-11-18(24)12-10-17)20(22(27)23(25)28)19(26)13-8-16-6-3-2-4-7-16/h2-4,6-13,21,27H,5,14-15H2,1H3/b13-8+. The van der Waals surface area contributed by atoms with Gasteiger partial charge in [0.05, 0.1) is 11.6 Å². The number of amides is 1. The number of ether oxygens (including phenoxy) is 1. The summed E-state index contributed by atoms with van der Waals surface area (Å²) < 4.78 is 5.07. The first kappa shape index (κ1) is 20.8. The second-order valence-corrected chi connectivity index (χ2v) is 7.11. The molecule has 1 atom stereocenters. The highest BCUT2D eigenvalue weighted by Crippen LogP contribution is 2.38. The van der Waals surface area contributed by atoms with Gasteiger partial charge in [0, 0.05) is 25.3 Å². The number of allylic oxidation sites excluding steroid dienone is 1. The molecule has 0 fully saturated rings. The molecule has 1 aliphatic heterocycles. The molecular formula is C23H22ClNO4. The Balaban J connectivity index is 1.94. The lowest BCUT2D eigenvalue weighted by atomic mass is 9.95. The van der Waals surface area contributed by atoms with Gasteiger partial charge in [-0.05, 0) is 35.8 Å². The van der Waals surface area contributed by atoms with Crippen molar-refractivity contribution in [1.29, 1.82) is 0 Å². The Morgan fingerprint density at radius 1 is 1.17 bits per heavy atom. The summed E-state index contributed by atoms with van der Waals surface area (Å²) in [4.78, 5) is 27.2. The topological polar surface area (TPSA) is 66.8 Å². The summed E-state index contributed by atoms with van der Waals surface area (Å²) in [6.07, 6.45) is 3.64. The number of methoxy groups -OCH3 is 1. The number of carbonyl (C=O) groups is 2. The molecule has 1 aliphatic rings. The third kappa shape index (κ3) is 4.75. The van der Waals surface area contributed by atoms with Crippen LogP contribution in [0.4, 0.5) is 0 Å². The lowest BCUT2D eigenvalue weighted by molar-refractivity contribution is -0.129. The van der Waals surface area contributed by atoms with E-state index < -0.39 is 23.5 Å². The molecule has 0 saturated heterocycles. The Bertz CT molecular complexity index is 935. The van der Waals surface area contributed by atoms with Crippen molar-refractivity contribution in [2.75, 3.05) is 20.3 Å². The second kappa shape index (κ2) is 9.54. The first-order chi connectivity index (χ1) is 14.0. The van der Waals surface area contributed by atoms with Crippen LogP contribution in [0.1, 0.15) is 23.6 Å². The van der Waals surface area contributed by atoms with Gasteiger partial charge in [0.1, 0.15) is 0 Å². The number of benzene rings is 2. The highest BCUT2D eigenvalue weighted by atomic mass is 35.5. The molecule has 0 aliphatic carbocycles. The van der Waals surface area contributed by atoms with E-state index in [4.69, 9.17) is 16.3 Å². The summed E-state index contributed by atoms with van der Waals surface area (Å²) >= 11 is 5.99. The van der Waals surface area contributed by atoms with Gasteiger partial charge in [-0.25, -0.2) is 0 Å². The summed E-state index contributed by atoms with van der Waals surface area (Å²) in [5.41, 5.74) is 1.63. The minimum absolute atomic E-state index is 0.0712. The van der Waals surface area contributed by atoms with Crippen LogP contribution < -0.4 is 0 Å². The number of halogens is 1. The van der Waals surface area contributed by atoms with Gasteiger partial charge in [0.2, 0.25) is 0 Å². The molecule has 1 unspecified atom stereocenters. The van der Waals surface area contributed by atoms with Crippen molar-refractivity contribution in [1.82, 2.24) is 4.90 Å². The largest absolute Gasteiger partial charge is 0.503 e. The van der Waals surface area contributed by atoms with Crippen LogP contribution in [0.3, 0.4) is 0 Å². The predicted molar refractivity (Wildman–Crippen MR) is 113 cm³/mol. The van der Waals surface area contributed by atoms with E-state index in [1.165, 1.54) is 11.0 Å². The van der Waals surface area contributed by atoms with E-state index in [0.717, 1.165) is 5.56 Å². The summed E-state index contributed by atoms with van der Waals surface area (Å²) in [7, 11) is 1.58. The minimum Gasteiger partial charge on any atom is -0.503 e. The van der Waals surface area contributed by atoms with E-state index >= 15 is 0 Å². The van der Waals surface area contributed by atoms with Crippen LogP contribution in [0.25, 0.3) is 6.08 Å². The average Bonchev–Trinajstić information content (AvgIpc) is 2.98. The zero-order valence-electron chi connectivity index (χ0n) is 16.0. The summed E-state index contributed by atoms with van der Waals surface area (Å²) in [6.45, 7) is 0.818. The Labute approximate surface area is 174 Å². The fourth-order valence-electron chi connectivity index (χ4n) is 3.33. The van der Waals surface area contributed by atoms with Crippen LogP contribution in [-0.4, -0.2) is 42.0 Å². The van der Waals surface area contributed by atoms with Crippen molar-refractivity contribution in [3.8, 4) is 0 Å². The molecule has 2 aromatic rings. The molecule has 3 rings (SSSR count). The molecule has 0 spiro atoms. The van der Waals surface area contributed by atoms with Gasteiger partial charge in [-0.15, -0.1) is 0 Å². The first-order valence-corrected chi connectivity index (χ1v) is 9.66. The van der Waals surface area contributed by atoms with Crippen molar-refractivity contribution in [2.45, 2.75) is 12.5 Å². The van der Waals surface area contributed by atoms with Gasteiger partial charge in [-0.2, -0.15) is 0 Å². The van der Waals surface area contributed by atoms with Gasteiger partial charge in [0.25, 0.3) is 5.91 Å². The number of carbonyl (C=O) groups excluding carboxylic acids is 2. The fraction of sp³-hybridized carbons (Fsp3) is 0.217. The zero-order chi connectivity index (χ0) is 20.8. The van der Waals surface area contributed by atoms with Crippen molar-refractivity contribution in [2.24, 2.45) is 0 Å². The summed E-state index contributed by atoms with van der Waals surface area (Å²) in [5, 5.41) is 11.1. The molecule has 0 aromatic heterocycles. The smallest absolute Gasteiger partial charge is 0.290 e. The van der Waals surface area contributed by atoms with Crippen LogP contribution in [0, 0.1) is 0 Å². The van der Waals surface area contributed by atoms with E-state index in [-0.39, 0.29) is 5.57 Å². The number of aliphatic hydroxyl groups excluding tert-OH is 1. The average molecular weight is 412 g/mol. The lowest BCUT2D eigenvalue weighted by Crippen LogP contribution is -2.32. The van der Waals surface area contributed by atoms with Crippen LogP contribution in [0.15, 0.2) is 72.0 Å². The molecule has 2 aromatic carbocycles. The summed E-state index contributed by atoms with van der Waals surface area (Å²) in [6, 6.07) is 15.6. The maximum Gasteiger partial charge on any atom is 0.290 e. The Morgan fingerprint density at radius 3 is 2.52 bits per heavy atom. The Hall–Kier alpha value is -2.89. The van der Waals surface area contributed by atoms with Gasteiger partial charge in [0.15, 0.2) is 11.5 Å². The van der Waals surface area contributed by atoms with E-state index in [9.17, 15) is 14.7 Å². The number of hydrogen-bond acceptors (Lipinski definition) is 4. The van der Waals surface area contributed by atoms with Gasteiger partial charge in [-0.3, -0.25) is 9.59 Å². The van der Waals surface area contributed by atoms with Gasteiger partial charge in [-0.1, -0.05) is 60.1 Å². The highest BCUT2D eigenvalue weighted by Gasteiger charge is 2.42. The number of aliphatic hydroxyl groups is 1. The zero-order valence-corrected chi connectivity index (χ0v) is 16.8. The molecule has 29 heavy (non-hydrogen) atoms. The predicted octanol–water partition coefficient (Wildman–Crippen LogP) is 4.35. The molecule has 150 valence electrons. The monoisotopic (exact) mass is 411 g/mol. The van der Waals surface area contributed by atoms with Crippen LogP contribution >= 0.6 is 11.6 Å². The third-order valence-corrected chi connectivity index (χ3v) is 4.98. The van der Waals surface area contributed by atoms with Crippen molar-refractivity contribution >= 4 is 29.4 Å². The van der Waals surface area contributed by atoms with E-state index in [0.29, 0.717) is 30.2 Å². The minimum atomic E-state index is -0.676. The number of rotatable bonds is 8. The number of nitrogens with zero attached hydrogens (tertiary/aromatic N) is 1. The number of ketones is 1. The fourth-order valence-corrected chi connectivity index (χ4v) is 3.46. The quantitative estimate of drug-likeness (QED) is 0.518. The normalized spacial score (nSPS) is 16.8. The maximum absolute atomic E-state index is 13.0. The first-order valence-electron chi connectivity index (χ1n) is 9.29. The summed E-state index contributed by atoms with van der Waals surface area (Å²) in [5.74, 6) is -1.48. The molecule has 1 amide bonds. The molecule has 0 bridgehead atoms. The van der Waals surface area contributed by atoms with E-state index in [1.54, 1.807) is 37.5 Å². The van der Waals surface area contributed by atoms with Crippen LogP contribution in [-0.2, 0) is 14.3 Å². The van der Waals surface area contributed by atoms with E-state index in [2.05, 4.69) is 0 Å². The van der Waals surface area contributed by atoms with Gasteiger partial charge < -0.3 is 14.7 Å². The van der Waals surface area contributed by atoms with Crippen LogP contribution in [0.5, 0.6) is 0 Å².